The van der Waals surface area contributed by atoms with Crippen LogP contribution in [0.4, 0.5) is 0 Å². The predicted molar refractivity (Wildman–Crippen MR) is 80.7 cm³/mol. The van der Waals surface area contributed by atoms with Crippen molar-refractivity contribution in [2.75, 3.05) is 7.05 Å². The van der Waals surface area contributed by atoms with Crippen LogP contribution < -0.4 is 0 Å². The van der Waals surface area contributed by atoms with Crippen molar-refractivity contribution in [1.82, 2.24) is 4.90 Å². The lowest BCUT2D eigenvalue weighted by Gasteiger charge is -2.17. The number of carbonyl (C=O) groups excluding carboxylic acids is 1. The van der Waals surface area contributed by atoms with Gasteiger partial charge in [0.25, 0.3) is 5.91 Å². The highest BCUT2D eigenvalue weighted by molar-refractivity contribution is 9.11. The van der Waals surface area contributed by atoms with Crippen LogP contribution in [-0.4, -0.2) is 23.0 Å². The van der Waals surface area contributed by atoms with E-state index in [9.17, 15) is 9.90 Å². The Bertz CT molecular complexity index is 609. The van der Waals surface area contributed by atoms with E-state index in [1.54, 1.807) is 48.4 Å². The summed E-state index contributed by atoms with van der Waals surface area (Å²) in [5.41, 5.74) is 2.40. The minimum Gasteiger partial charge on any atom is -0.508 e. The van der Waals surface area contributed by atoms with E-state index < -0.39 is 0 Å². The van der Waals surface area contributed by atoms with Gasteiger partial charge in [-0.2, -0.15) is 0 Å². The minimum absolute atomic E-state index is 0.0505. The average molecular weight is 340 g/mol. The lowest BCUT2D eigenvalue weighted by atomic mass is 10.1. The zero-order valence-electron chi connectivity index (χ0n) is 10.7. The summed E-state index contributed by atoms with van der Waals surface area (Å²) in [6, 6.07) is 6.91. The molecule has 0 saturated heterocycles. The van der Waals surface area contributed by atoms with Gasteiger partial charge < -0.3 is 10.0 Å². The summed E-state index contributed by atoms with van der Waals surface area (Å²) in [5, 5.41) is 11.5. The fourth-order valence-electron chi connectivity index (χ4n) is 1.78. The quantitative estimate of drug-likeness (QED) is 0.923. The highest BCUT2D eigenvalue weighted by Crippen LogP contribution is 2.22. The Balaban J connectivity index is 2.12. The summed E-state index contributed by atoms with van der Waals surface area (Å²) >= 11 is 5.01. The minimum atomic E-state index is -0.0505. The molecule has 0 atom stereocenters. The first-order chi connectivity index (χ1) is 8.97. The Kier molecular flexibility index (Phi) is 4.27. The first kappa shape index (κ1) is 14.1. The van der Waals surface area contributed by atoms with Crippen molar-refractivity contribution in [3.8, 4) is 5.75 Å². The number of halogens is 1. The molecular formula is C14H14BrNO2S. The van der Waals surface area contributed by atoms with Crippen molar-refractivity contribution < 1.29 is 9.90 Å². The van der Waals surface area contributed by atoms with Gasteiger partial charge in [0, 0.05) is 19.2 Å². The molecule has 19 heavy (non-hydrogen) atoms. The van der Waals surface area contributed by atoms with Crippen LogP contribution in [-0.2, 0) is 6.54 Å². The molecule has 2 rings (SSSR count). The molecule has 0 aliphatic rings. The van der Waals surface area contributed by atoms with Crippen LogP contribution in [0.5, 0.6) is 5.75 Å². The van der Waals surface area contributed by atoms with Crippen molar-refractivity contribution in [2.24, 2.45) is 0 Å². The van der Waals surface area contributed by atoms with Gasteiger partial charge in [-0.05, 0) is 63.6 Å². The van der Waals surface area contributed by atoms with Crippen molar-refractivity contribution >= 4 is 33.2 Å². The second-order valence-corrected chi connectivity index (χ2v) is 6.71. The highest BCUT2D eigenvalue weighted by Gasteiger charge is 2.13. The molecule has 0 fully saturated rings. The molecule has 0 bridgehead atoms. The molecule has 0 radical (unpaired) electrons. The van der Waals surface area contributed by atoms with Crippen molar-refractivity contribution in [3.05, 3.63) is 50.1 Å². The number of rotatable bonds is 3. The first-order valence-corrected chi connectivity index (χ1v) is 7.42. The van der Waals surface area contributed by atoms with Crippen molar-refractivity contribution in [1.29, 1.82) is 0 Å². The zero-order chi connectivity index (χ0) is 14.0. The van der Waals surface area contributed by atoms with Crippen LogP contribution in [0.25, 0.3) is 0 Å². The number of amides is 1. The fraction of sp³-hybridized carbons (Fsp3) is 0.214. The van der Waals surface area contributed by atoms with Crippen molar-refractivity contribution in [3.63, 3.8) is 0 Å². The molecule has 1 N–H and O–H groups in total. The summed E-state index contributed by atoms with van der Waals surface area (Å²) in [6.45, 7) is 2.35. The molecule has 0 saturated carbocycles. The largest absolute Gasteiger partial charge is 0.508 e. The van der Waals surface area contributed by atoms with Gasteiger partial charge in [-0.3, -0.25) is 4.79 Å². The van der Waals surface area contributed by atoms with Crippen molar-refractivity contribution in [2.45, 2.75) is 13.5 Å². The van der Waals surface area contributed by atoms with Gasteiger partial charge in [0.05, 0.1) is 3.79 Å². The molecule has 2 aromatic rings. The molecule has 1 amide bonds. The van der Waals surface area contributed by atoms with Gasteiger partial charge in [0.15, 0.2) is 0 Å². The molecule has 5 heteroatoms. The molecule has 3 nitrogen and oxygen atoms in total. The maximum Gasteiger partial charge on any atom is 0.253 e. The third-order valence-electron chi connectivity index (χ3n) is 2.83. The summed E-state index contributed by atoms with van der Waals surface area (Å²) in [6.07, 6.45) is 0. The topological polar surface area (TPSA) is 40.5 Å². The fourth-order valence-corrected chi connectivity index (χ4v) is 2.98. The van der Waals surface area contributed by atoms with Crippen LogP contribution >= 0.6 is 27.3 Å². The van der Waals surface area contributed by atoms with E-state index in [2.05, 4.69) is 15.9 Å². The number of aromatic hydroxyl groups is 1. The van der Waals surface area contributed by atoms with Crippen LogP contribution in [0, 0.1) is 6.92 Å². The summed E-state index contributed by atoms with van der Waals surface area (Å²) < 4.78 is 1.06. The van der Waals surface area contributed by atoms with E-state index in [4.69, 9.17) is 0 Å². The number of benzene rings is 1. The third-order valence-corrected chi connectivity index (χ3v) is 4.39. The number of phenolic OH excluding ortho intramolecular Hbond substituents is 1. The average Bonchev–Trinajstić information content (AvgIpc) is 2.77. The number of hydrogen-bond acceptors (Lipinski definition) is 3. The van der Waals surface area contributed by atoms with Gasteiger partial charge in [0.2, 0.25) is 0 Å². The standard InChI is InChI=1S/C14H14BrNO2S/c1-9-5-11(3-4-12(9)17)14(18)16(2)7-10-6-13(15)19-8-10/h3-6,8,17H,7H2,1-2H3. The normalized spacial score (nSPS) is 10.5. The van der Waals surface area contributed by atoms with Gasteiger partial charge in [0.1, 0.15) is 5.75 Å². The number of thiophene rings is 1. The van der Waals surface area contributed by atoms with Gasteiger partial charge in [-0.15, -0.1) is 11.3 Å². The maximum atomic E-state index is 12.3. The Labute approximate surface area is 124 Å². The number of hydrogen-bond donors (Lipinski definition) is 1. The second kappa shape index (κ2) is 5.75. The van der Waals surface area contributed by atoms with E-state index in [1.165, 1.54) is 0 Å². The van der Waals surface area contributed by atoms with Crippen LogP contribution in [0.3, 0.4) is 0 Å². The SMILES string of the molecule is Cc1cc(C(=O)N(C)Cc2csc(Br)c2)ccc1O. The second-order valence-electron chi connectivity index (χ2n) is 4.42. The first-order valence-electron chi connectivity index (χ1n) is 5.75. The molecular weight excluding hydrogens is 326 g/mol. The van der Waals surface area contributed by atoms with Gasteiger partial charge in [-0.25, -0.2) is 0 Å². The molecule has 0 unspecified atom stereocenters. The molecule has 0 aliphatic carbocycles. The maximum absolute atomic E-state index is 12.3. The van der Waals surface area contributed by atoms with Crippen LogP contribution in [0.15, 0.2) is 33.4 Å². The lowest BCUT2D eigenvalue weighted by Crippen LogP contribution is -2.26. The summed E-state index contributed by atoms with van der Waals surface area (Å²) in [7, 11) is 1.77. The van der Waals surface area contributed by atoms with E-state index >= 15 is 0 Å². The van der Waals surface area contributed by atoms with Gasteiger partial charge in [-0.1, -0.05) is 0 Å². The van der Waals surface area contributed by atoms with E-state index in [-0.39, 0.29) is 11.7 Å². The Morgan fingerprint density at radius 1 is 1.42 bits per heavy atom. The van der Waals surface area contributed by atoms with E-state index in [0.29, 0.717) is 17.7 Å². The smallest absolute Gasteiger partial charge is 0.253 e. The van der Waals surface area contributed by atoms with Crippen LogP contribution in [0.2, 0.25) is 0 Å². The van der Waals surface area contributed by atoms with Gasteiger partial charge >= 0.3 is 0 Å². The molecule has 0 spiro atoms. The van der Waals surface area contributed by atoms with E-state index in [1.807, 2.05) is 11.4 Å². The molecule has 1 aromatic carbocycles. The Morgan fingerprint density at radius 3 is 2.74 bits per heavy atom. The number of phenols is 1. The third kappa shape index (κ3) is 3.36. The molecule has 0 aliphatic heterocycles. The summed E-state index contributed by atoms with van der Waals surface area (Å²) in [4.78, 5) is 13.9. The molecule has 100 valence electrons. The van der Waals surface area contributed by atoms with Crippen LogP contribution in [0.1, 0.15) is 21.5 Å². The zero-order valence-corrected chi connectivity index (χ0v) is 13.1. The highest BCUT2D eigenvalue weighted by atomic mass is 79.9. The monoisotopic (exact) mass is 339 g/mol. The number of aryl methyl sites for hydroxylation is 1. The molecule has 1 heterocycles. The Morgan fingerprint density at radius 2 is 2.16 bits per heavy atom. The Hall–Kier alpha value is -1.33. The number of carbonyl (C=O) groups is 1. The summed E-state index contributed by atoms with van der Waals surface area (Å²) in [5.74, 6) is 0.159. The van der Waals surface area contributed by atoms with E-state index in [0.717, 1.165) is 9.35 Å². The number of nitrogens with zero attached hydrogens (tertiary/aromatic N) is 1. The lowest BCUT2D eigenvalue weighted by molar-refractivity contribution is 0.0785. The predicted octanol–water partition coefficient (Wildman–Crippen LogP) is 3.80. The molecule has 1 aromatic heterocycles.